The van der Waals surface area contributed by atoms with Crippen LogP contribution in [0.4, 0.5) is 34.1 Å². The summed E-state index contributed by atoms with van der Waals surface area (Å²) in [4.78, 5) is 4.25. The minimum atomic E-state index is 0.599. The molecule has 0 atom stereocenters. The summed E-state index contributed by atoms with van der Waals surface area (Å²) >= 11 is 0. The molecule has 0 radical (unpaired) electrons. The van der Waals surface area contributed by atoms with Crippen molar-refractivity contribution in [2.45, 2.75) is 0 Å². The summed E-state index contributed by atoms with van der Waals surface area (Å²) in [7, 11) is 0. The number of hydrogen-bond donors (Lipinski definition) is 0. The minimum Gasteiger partial charge on any atom is -0.456 e. The molecule has 0 saturated carbocycles. The molecule has 0 aliphatic heterocycles. The van der Waals surface area contributed by atoms with Gasteiger partial charge >= 0.3 is 0 Å². The third kappa shape index (κ3) is 5.33. The Kier molecular flexibility index (Phi) is 7.50. The lowest BCUT2D eigenvalue weighted by Gasteiger charge is -2.26. The predicted molar refractivity (Wildman–Crippen MR) is 235 cm³/mol. The van der Waals surface area contributed by atoms with E-state index in [0.717, 1.165) is 99.5 Å². The molecule has 0 aliphatic rings. The van der Waals surface area contributed by atoms with Crippen LogP contribution in [0.25, 0.3) is 65.4 Å². The molecule has 11 rings (SSSR count). The van der Waals surface area contributed by atoms with E-state index in [4.69, 9.17) is 8.83 Å². The van der Waals surface area contributed by atoms with Gasteiger partial charge in [0.15, 0.2) is 0 Å². The van der Waals surface area contributed by atoms with Crippen LogP contribution in [0.1, 0.15) is 11.1 Å². The van der Waals surface area contributed by atoms with Crippen LogP contribution in [0.2, 0.25) is 0 Å². The maximum Gasteiger partial charge on any atom is 0.139 e. The zero-order valence-electron chi connectivity index (χ0n) is 30.9. The first-order valence-electron chi connectivity index (χ1n) is 19.0. The van der Waals surface area contributed by atoms with Crippen molar-refractivity contribution < 1.29 is 8.83 Å². The largest absolute Gasteiger partial charge is 0.456 e. The van der Waals surface area contributed by atoms with Gasteiger partial charge in [-0.3, -0.25) is 0 Å². The molecule has 270 valence electrons. The molecule has 58 heavy (non-hydrogen) atoms. The molecule has 2 aromatic heterocycles. The minimum absolute atomic E-state index is 0.599. The summed E-state index contributed by atoms with van der Waals surface area (Å²) in [6.07, 6.45) is 0. The Bertz CT molecular complexity index is 3270. The molecule has 0 bridgehead atoms. The van der Waals surface area contributed by atoms with Crippen LogP contribution in [0.5, 0.6) is 0 Å². The van der Waals surface area contributed by atoms with Gasteiger partial charge in [0.1, 0.15) is 34.5 Å². The maximum atomic E-state index is 9.99. The fourth-order valence-electron chi connectivity index (χ4n) is 8.32. The Morgan fingerprint density at radius 1 is 0.328 bits per heavy atom. The van der Waals surface area contributed by atoms with Crippen LogP contribution in [0.15, 0.2) is 191 Å². The summed E-state index contributed by atoms with van der Waals surface area (Å²) < 4.78 is 13.1. The van der Waals surface area contributed by atoms with Gasteiger partial charge in [0, 0.05) is 50.4 Å². The summed E-state index contributed by atoms with van der Waals surface area (Å²) in [5.41, 5.74) is 9.75. The van der Waals surface area contributed by atoms with E-state index >= 15 is 0 Å². The Morgan fingerprint density at radius 2 is 0.724 bits per heavy atom. The molecule has 11 aromatic rings. The lowest BCUT2D eigenvalue weighted by molar-refractivity contribution is 0.656. The second kappa shape index (κ2) is 13.2. The summed E-state index contributed by atoms with van der Waals surface area (Å²) in [5.74, 6) is 0. The third-order valence-corrected chi connectivity index (χ3v) is 11.0. The Morgan fingerprint density at radius 3 is 1.17 bits per heavy atom. The van der Waals surface area contributed by atoms with Gasteiger partial charge in [0.05, 0.1) is 22.5 Å². The molecular weight excluding hydrogens is 713 g/mol. The fourth-order valence-corrected chi connectivity index (χ4v) is 8.32. The van der Waals surface area contributed by atoms with Crippen molar-refractivity contribution in [3.05, 3.63) is 193 Å². The number of rotatable bonds is 6. The van der Waals surface area contributed by atoms with Crippen molar-refractivity contribution in [2.75, 3.05) is 9.80 Å². The molecule has 9 aromatic carbocycles. The Balaban J connectivity index is 1.02. The van der Waals surface area contributed by atoms with Gasteiger partial charge in [0.25, 0.3) is 0 Å². The van der Waals surface area contributed by atoms with Crippen LogP contribution in [0, 0.1) is 22.7 Å². The topological polar surface area (TPSA) is 80.3 Å². The fraction of sp³-hybridized carbons (Fsp3) is 0. The number of fused-ring (bicyclic) bond motifs is 8. The molecule has 0 amide bonds. The van der Waals surface area contributed by atoms with E-state index in [2.05, 4.69) is 113 Å². The first-order chi connectivity index (χ1) is 28.6. The number of hydrogen-bond acceptors (Lipinski definition) is 6. The monoisotopic (exact) mass is 742 g/mol. The number of anilines is 6. The van der Waals surface area contributed by atoms with Gasteiger partial charge in [-0.15, -0.1) is 0 Å². The molecular formula is C52H30N4O2. The molecule has 0 spiro atoms. The highest BCUT2D eigenvalue weighted by molar-refractivity contribution is 6.18. The van der Waals surface area contributed by atoms with Crippen molar-refractivity contribution >= 4 is 99.5 Å². The van der Waals surface area contributed by atoms with Gasteiger partial charge in [-0.05, 0) is 125 Å². The first-order valence-corrected chi connectivity index (χ1v) is 19.0. The average Bonchev–Trinajstić information content (AvgIpc) is 3.80. The number of para-hydroxylation sites is 4. The van der Waals surface area contributed by atoms with Gasteiger partial charge in [-0.25, -0.2) is 0 Å². The second-order valence-electron chi connectivity index (χ2n) is 14.4. The van der Waals surface area contributed by atoms with E-state index in [9.17, 15) is 10.5 Å². The highest BCUT2D eigenvalue weighted by atomic mass is 16.3. The first kappa shape index (κ1) is 33.1. The van der Waals surface area contributed by atoms with E-state index in [-0.39, 0.29) is 0 Å². The molecule has 0 N–H and O–H groups in total. The molecule has 0 unspecified atom stereocenters. The Hall–Kier alpha value is -8.32. The van der Waals surface area contributed by atoms with Gasteiger partial charge in [0.2, 0.25) is 0 Å². The predicted octanol–water partition coefficient (Wildman–Crippen LogP) is 14.5. The zero-order valence-corrected chi connectivity index (χ0v) is 30.9. The highest BCUT2D eigenvalue weighted by Gasteiger charge is 2.20. The van der Waals surface area contributed by atoms with Crippen LogP contribution >= 0.6 is 0 Å². The molecule has 0 fully saturated rings. The standard InChI is InChI=1S/C52H30N4O2/c53-31-35-11-7-9-17-47(35)55(39-13-3-1-4-14-39)41-21-19-33-25-43-45-29-46-44-26-34-20-22-42(56(40-15-5-2-6-16-40)48-18-10-8-12-36(48)32-54)24-38(34)28-50(44)58-52(46)30-51(45)57-49(43)27-37(33)23-41/h1-30H. The third-order valence-electron chi connectivity index (χ3n) is 11.0. The number of nitrogens with zero attached hydrogens (tertiary/aromatic N) is 4. The molecule has 0 aliphatic carbocycles. The lowest BCUT2D eigenvalue weighted by Crippen LogP contribution is -2.11. The highest BCUT2D eigenvalue weighted by Crippen LogP contribution is 2.43. The zero-order chi connectivity index (χ0) is 38.7. The van der Waals surface area contributed by atoms with E-state index in [1.165, 1.54) is 0 Å². The molecule has 6 nitrogen and oxygen atoms in total. The smallest absolute Gasteiger partial charge is 0.139 e. The van der Waals surface area contributed by atoms with Gasteiger partial charge < -0.3 is 18.6 Å². The lowest BCUT2D eigenvalue weighted by atomic mass is 10.0. The molecule has 2 heterocycles. The van der Waals surface area contributed by atoms with E-state index in [1.807, 2.05) is 91.0 Å². The van der Waals surface area contributed by atoms with Crippen molar-refractivity contribution in [2.24, 2.45) is 0 Å². The van der Waals surface area contributed by atoms with Gasteiger partial charge in [-0.1, -0.05) is 72.8 Å². The van der Waals surface area contributed by atoms with Crippen LogP contribution in [0.3, 0.4) is 0 Å². The number of furan rings is 2. The second-order valence-corrected chi connectivity index (χ2v) is 14.4. The summed E-state index contributed by atoms with van der Waals surface area (Å²) in [6.45, 7) is 0. The van der Waals surface area contributed by atoms with Crippen LogP contribution in [-0.4, -0.2) is 0 Å². The Labute approximate surface area is 332 Å². The SMILES string of the molecule is N#Cc1ccccc1N(c1ccccc1)c1ccc2cc3c(cc2c1)oc1cc2oc4cc5cc(N(c6ccccc6)c6ccccc6C#N)ccc5cc4c2cc13. The molecule has 6 heteroatoms. The van der Waals surface area contributed by atoms with E-state index in [1.54, 1.807) is 0 Å². The number of benzene rings is 9. The summed E-state index contributed by atoms with van der Waals surface area (Å²) in [6, 6.07) is 65.9. The average molecular weight is 743 g/mol. The van der Waals surface area contributed by atoms with E-state index < -0.39 is 0 Å². The van der Waals surface area contributed by atoms with Crippen molar-refractivity contribution in [1.82, 2.24) is 0 Å². The van der Waals surface area contributed by atoms with Crippen molar-refractivity contribution in [1.29, 1.82) is 10.5 Å². The van der Waals surface area contributed by atoms with Gasteiger partial charge in [-0.2, -0.15) is 10.5 Å². The van der Waals surface area contributed by atoms with E-state index in [0.29, 0.717) is 11.1 Å². The quantitative estimate of drug-likeness (QED) is 0.169. The molecule has 0 saturated heterocycles. The maximum absolute atomic E-state index is 9.99. The summed E-state index contributed by atoms with van der Waals surface area (Å²) in [5, 5.41) is 28.3. The van der Waals surface area contributed by atoms with Crippen molar-refractivity contribution in [3.8, 4) is 12.1 Å². The van der Waals surface area contributed by atoms with Crippen molar-refractivity contribution in [3.63, 3.8) is 0 Å². The van der Waals surface area contributed by atoms with Crippen LogP contribution in [-0.2, 0) is 0 Å². The number of nitriles is 2. The normalized spacial score (nSPS) is 11.4. The van der Waals surface area contributed by atoms with Crippen LogP contribution < -0.4 is 9.80 Å².